The number of piperazine rings is 1. The van der Waals surface area contributed by atoms with Gasteiger partial charge in [0, 0.05) is 33.2 Å². The van der Waals surface area contributed by atoms with Crippen LogP contribution in [0.1, 0.15) is 11.1 Å². The van der Waals surface area contributed by atoms with Crippen LogP contribution in [0.4, 0.5) is 11.4 Å². The molecule has 4 nitrogen and oxygen atoms in total. The van der Waals surface area contributed by atoms with E-state index in [-0.39, 0.29) is 0 Å². The molecule has 0 aliphatic carbocycles. The monoisotopic (exact) mass is 306 g/mol. The van der Waals surface area contributed by atoms with Crippen LogP contribution in [0.3, 0.4) is 0 Å². The molecular formula is C19H22N4. The molecule has 1 fully saturated rings. The van der Waals surface area contributed by atoms with Crippen LogP contribution in [0.25, 0.3) is 11.1 Å². The Morgan fingerprint density at radius 2 is 1.83 bits per heavy atom. The Bertz CT molecular complexity index is 740. The number of rotatable bonds is 3. The largest absolute Gasteiger partial charge is 0.386 e. The Kier molecular flexibility index (Phi) is 4.50. The van der Waals surface area contributed by atoms with Crippen LogP contribution in [0.2, 0.25) is 0 Å². The zero-order valence-corrected chi connectivity index (χ0v) is 13.7. The van der Waals surface area contributed by atoms with Gasteiger partial charge in [0.2, 0.25) is 0 Å². The number of hydrogen-bond donors (Lipinski definition) is 2. The Morgan fingerprint density at radius 3 is 2.52 bits per heavy atom. The third-order valence-corrected chi connectivity index (χ3v) is 4.47. The lowest BCUT2D eigenvalue weighted by Crippen LogP contribution is -2.44. The van der Waals surface area contributed by atoms with Gasteiger partial charge in [-0.3, -0.25) is 0 Å². The van der Waals surface area contributed by atoms with Crippen molar-refractivity contribution in [3.05, 3.63) is 47.5 Å². The molecule has 0 spiro atoms. The van der Waals surface area contributed by atoms with Crippen molar-refractivity contribution in [3.8, 4) is 17.2 Å². The van der Waals surface area contributed by atoms with Gasteiger partial charge in [0.05, 0.1) is 23.0 Å². The predicted octanol–water partition coefficient (Wildman–Crippen LogP) is 2.99. The van der Waals surface area contributed by atoms with Crippen LogP contribution in [0.5, 0.6) is 0 Å². The molecule has 1 saturated heterocycles. The molecule has 118 valence electrons. The van der Waals surface area contributed by atoms with Crippen molar-refractivity contribution in [2.75, 3.05) is 43.4 Å². The van der Waals surface area contributed by atoms with Gasteiger partial charge in [-0.25, -0.2) is 0 Å². The summed E-state index contributed by atoms with van der Waals surface area (Å²) in [7, 11) is 1.96. The Hall–Kier alpha value is -2.51. The van der Waals surface area contributed by atoms with Crippen LogP contribution in [-0.2, 0) is 0 Å². The maximum absolute atomic E-state index is 9.41. The van der Waals surface area contributed by atoms with Crippen molar-refractivity contribution in [1.29, 1.82) is 5.26 Å². The fourth-order valence-electron chi connectivity index (χ4n) is 3.31. The van der Waals surface area contributed by atoms with Gasteiger partial charge in [-0.2, -0.15) is 5.26 Å². The zero-order chi connectivity index (χ0) is 16.2. The quantitative estimate of drug-likeness (QED) is 0.915. The molecule has 0 amide bonds. The molecule has 3 rings (SSSR count). The SMILES string of the molecule is CNc1ccc(-c2ccccc2C#N)c(C)c1N1CCNCC1. The summed E-state index contributed by atoms with van der Waals surface area (Å²) in [6.45, 7) is 6.16. The fraction of sp³-hybridized carbons (Fsp3) is 0.316. The molecule has 0 bridgehead atoms. The lowest BCUT2D eigenvalue weighted by Gasteiger charge is -2.33. The molecule has 2 aromatic rings. The van der Waals surface area contributed by atoms with Crippen molar-refractivity contribution in [2.45, 2.75) is 6.92 Å². The highest BCUT2D eigenvalue weighted by Crippen LogP contribution is 2.37. The summed E-state index contributed by atoms with van der Waals surface area (Å²) in [4.78, 5) is 2.43. The third-order valence-electron chi connectivity index (χ3n) is 4.47. The van der Waals surface area contributed by atoms with E-state index in [2.05, 4.69) is 40.7 Å². The predicted molar refractivity (Wildman–Crippen MR) is 96.0 cm³/mol. The lowest BCUT2D eigenvalue weighted by molar-refractivity contribution is 0.589. The Labute approximate surface area is 137 Å². The summed E-state index contributed by atoms with van der Waals surface area (Å²) < 4.78 is 0. The van der Waals surface area contributed by atoms with Crippen molar-refractivity contribution in [2.24, 2.45) is 0 Å². The van der Waals surface area contributed by atoms with Gasteiger partial charge >= 0.3 is 0 Å². The number of benzene rings is 2. The van der Waals surface area contributed by atoms with E-state index in [4.69, 9.17) is 0 Å². The summed E-state index contributed by atoms with van der Waals surface area (Å²) in [6, 6.07) is 14.4. The van der Waals surface area contributed by atoms with Crippen LogP contribution < -0.4 is 15.5 Å². The molecule has 1 aliphatic rings. The van der Waals surface area contributed by atoms with Crippen LogP contribution >= 0.6 is 0 Å². The first-order valence-electron chi connectivity index (χ1n) is 8.02. The van der Waals surface area contributed by atoms with Crippen LogP contribution in [-0.4, -0.2) is 33.2 Å². The van der Waals surface area contributed by atoms with Crippen molar-refractivity contribution in [3.63, 3.8) is 0 Å². The molecule has 23 heavy (non-hydrogen) atoms. The average molecular weight is 306 g/mol. The van der Waals surface area contributed by atoms with Crippen LogP contribution in [0, 0.1) is 18.3 Å². The van der Waals surface area contributed by atoms with Gasteiger partial charge in [0.25, 0.3) is 0 Å². The summed E-state index contributed by atoms with van der Waals surface area (Å²) in [5.41, 5.74) is 6.48. The first kappa shape index (κ1) is 15.4. The van der Waals surface area contributed by atoms with E-state index in [1.54, 1.807) is 0 Å². The lowest BCUT2D eigenvalue weighted by atomic mass is 9.94. The normalized spacial score (nSPS) is 14.4. The summed E-state index contributed by atoms with van der Waals surface area (Å²) in [5.74, 6) is 0. The molecule has 0 atom stereocenters. The maximum Gasteiger partial charge on any atom is 0.0998 e. The maximum atomic E-state index is 9.41. The molecular weight excluding hydrogens is 284 g/mol. The van der Waals surface area contributed by atoms with E-state index in [0.29, 0.717) is 0 Å². The Morgan fingerprint density at radius 1 is 1.09 bits per heavy atom. The van der Waals surface area contributed by atoms with E-state index in [1.807, 2.05) is 31.3 Å². The minimum atomic E-state index is 0.721. The summed E-state index contributed by atoms with van der Waals surface area (Å²) in [5, 5.41) is 16.1. The van der Waals surface area contributed by atoms with Gasteiger partial charge in [-0.1, -0.05) is 24.3 Å². The summed E-state index contributed by atoms with van der Waals surface area (Å²) >= 11 is 0. The van der Waals surface area contributed by atoms with Crippen molar-refractivity contribution < 1.29 is 0 Å². The molecule has 0 saturated carbocycles. The number of nitrogens with one attached hydrogen (secondary N) is 2. The van der Waals surface area contributed by atoms with E-state index < -0.39 is 0 Å². The molecule has 2 aromatic carbocycles. The van der Waals surface area contributed by atoms with E-state index in [9.17, 15) is 5.26 Å². The topological polar surface area (TPSA) is 51.1 Å². The van der Waals surface area contributed by atoms with Gasteiger partial charge in [-0.15, -0.1) is 0 Å². The molecule has 2 N–H and O–H groups in total. The smallest absolute Gasteiger partial charge is 0.0998 e. The average Bonchev–Trinajstić information content (AvgIpc) is 2.62. The van der Waals surface area contributed by atoms with Gasteiger partial charge < -0.3 is 15.5 Å². The first-order valence-corrected chi connectivity index (χ1v) is 8.02. The van der Waals surface area contributed by atoms with E-state index in [0.717, 1.165) is 48.6 Å². The third kappa shape index (κ3) is 2.88. The van der Waals surface area contributed by atoms with Gasteiger partial charge in [0.1, 0.15) is 0 Å². The van der Waals surface area contributed by atoms with Crippen LogP contribution in [0.15, 0.2) is 36.4 Å². The Balaban J connectivity index is 2.14. The number of anilines is 2. The van der Waals surface area contributed by atoms with E-state index in [1.165, 1.54) is 11.3 Å². The second kappa shape index (κ2) is 6.72. The minimum Gasteiger partial charge on any atom is -0.386 e. The van der Waals surface area contributed by atoms with Crippen molar-refractivity contribution >= 4 is 11.4 Å². The standard InChI is InChI=1S/C19H22N4/c1-14-16(17-6-4-3-5-15(17)13-20)7-8-18(21-2)19(14)23-11-9-22-10-12-23/h3-8,21-22H,9-12H2,1-2H3. The molecule has 0 radical (unpaired) electrons. The zero-order valence-electron chi connectivity index (χ0n) is 13.7. The molecule has 4 heteroatoms. The number of nitriles is 1. The molecule has 1 heterocycles. The van der Waals surface area contributed by atoms with E-state index >= 15 is 0 Å². The highest BCUT2D eigenvalue weighted by atomic mass is 15.2. The second-order valence-electron chi connectivity index (χ2n) is 5.78. The number of hydrogen-bond acceptors (Lipinski definition) is 4. The molecule has 1 aliphatic heterocycles. The summed E-state index contributed by atoms with van der Waals surface area (Å²) in [6.07, 6.45) is 0. The van der Waals surface area contributed by atoms with Crippen molar-refractivity contribution in [1.82, 2.24) is 5.32 Å². The molecule has 0 aromatic heterocycles. The van der Waals surface area contributed by atoms with Gasteiger partial charge in [-0.05, 0) is 35.7 Å². The number of nitrogens with zero attached hydrogens (tertiary/aromatic N) is 2. The first-order chi connectivity index (χ1) is 11.3. The van der Waals surface area contributed by atoms with Gasteiger partial charge in [0.15, 0.2) is 0 Å². The second-order valence-corrected chi connectivity index (χ2v) is 5.78. The highest BCUT2D eigenvalue weighted by Gasteiger charge is 2.19. The molecule has 0 unspecified atom stereocenters. The fourth-order valence-corrected chi connectivity index (χ4v) is 3.31. The highest BCUT2D eigenvalue weighted by molar-refractivity contribution is 5.85. The minimum absolute atomic E-state index is 0.721.